The van der Waals surface area contributed by atoms with Crippen LogP contribution in [0.25, 0.3) is 0 Å². The van der Waals surface area contributed by atoms with Crippen LogP contribution in [0.15, 0.2) is 0 Å². The zero-order chi connectivity index (χ0) is 0. The van der Waals surface area contributed by atoms with E-state index in [9.17, 15) is 0 Å². The van der Waals surface area contributed by atoms with E-state index in [2.05, 4.69) is 0 Å². The van der Waals surface area contributed by atoms with E-state index < -0.39 is 0 Å². The van der Waals surface area contributed by atoms with E-state index in [-0.39, 0.29) is 99.0 Å². The fourth-order valence-electron chi connectivity index (χ4n) is 0. The number of hydrogen-bond acceptors (Lipinski definition) is 0. The summed E-state index contributed by atoms with van der Waals surface area (Å²) in [4.78, 5) is 0. The molecule has 0 aliphatic rings. The third kappa shape index (κ3) is 57.7. The Morgan fingerprint density at radius 1 is 0.429 bits per heavy atom. The molecule has 0 aliphatic heterocycles. The fraction of sp³-hybridized carbons (Fsp3) is 0. The fourth-order valence-corrected chi connectivity index (χ4v) is 0. The van der Waals surface area contributed by atoms with Gasteiger partial charge in [-0.15, -0.1) is 0 Å². The van der Waals surface area contributed by atoms with E-state index in [0.29, 0.717) is 0 Å². The van der Waals surface area contributed by atoms with E-state index >= 15 is 0 Å². The average Bonchev–Trinajstić information content (AvgIpc) is 0. The molecule has 4 N–H and O–H groups in total. The first-order chi connectivity index (χ1) is 0. The molecular formula is H4Br4IrO2-4. The predicted molar refractivity (Wildman–Crippen MR) is 7.23 cm³/mol. The first-order valence-electron chi connectivity index (χ1n) is 0. The number of halogens is 4. The molecule has 0 bridgehead atoms. The Labute approximate surface area is 97.9 Å². The van der Waals surface area contributed by atoms with Crippen molar-refractivity contribution in [2.45, 2.75) is 0 Å². The van der Waals surface area contributed by atoms with Crippen LogP contribution in [0.5, 0.6) is 0 Å². The summed E-state index contributed by atoms with van der Waals surface area (Å²) in [5.41, 5.74) is 0. The Hall–Kier alpha value is 2.49. The van der Waals surface area contributed by atoms with Crippen molar-refractivity contribution in [1.82, 2.24) is 0 Å². The van der Waals surface area contributed by atoms with Crippen molar-refractivity contribution in [1.29, 1.82) is 0 Å². The first-order valence-corrected chi connectivity index (χ1v) is 0. The van der Waals surface area contributed by atoms with Crippen molar-refractivity contribution in [2.24, 2.45) is 0 Å². The minimum absolute atomic E-state index is 0. The molecule has 0 aromatic heterocycles. The second-order valence-corrected chi connectivity index (χ2v) is 0. The van der Waals surface area contributed by atoms with Crippen LogP contribution in [0.1, 0.15) is 0 Å². The molecule has 0 unspecified atom stereocenters. The third-order valence-corrected chi connectivity index (χ3v) is 0. The minimum atomic E-state index is 0. The van der Waals surface area contributed by atoms with Gasteiger partial charge in [0.1, 0.15) is 0 Å². The van der Waals surface area contributed by atoms with Crippen LogP contribution in [-0.4, -0.2) is 11.0 Å². The standard InChI is InChI=1S/4BrH.Ir.2H2O/h4*1H;;2*1H2/p-4. The van der Waals surface area contributed by atoms with Gasteiger partial charge in [-0.2, -0.15) is 0 Å². The monoisotopic (exact) mass is 545 g/mol. The summed E-state index contributed by atoms with van der Waals surface area (Å²) in [6, 6.07) is 0. The maximum Gasteiger partial charge on any atom is 0 e. The maximum atomic E-state index is 0. The van der Waals surface area contributed by atoms with Gasteiger partial charge in [-0.05, 0) is 0 Å². The van der Waals surface area contributed by atoms with Crippen molar-refractivity contribution in [3.63, 3.8) is 0 Å². The van der Waals surface area contributed by atoms with Crippen LogP contribution >= 0.6 is 0 Å². The molecule has 0 rings (SSSR count). The molecule has 0 aromatic carbocycles. The Morgan fingerprint density at radius 2 is 0.429 bits per heavy atom. The zero-order valence-electron chi connectivity index (χ0n) is 2.85. The van der Waals surface area contributed by atoms with Crippen LogP contribution in [0.3, 0.4) is 0 Å². The van der Waals surface area contributed by atoms with Gasteiger partial charge in [-0.3, -0.25) is 0 Å². The molecule has 57 valence electrons. The van der Waals surface area contributed by atoms with E-state index in [1.807, 2.05) is 0 Å². The molecule has 0 saturated carbocycles. The summed E-state index contributed by atoms with van der Waals surface area (Å²) in [6.45, 7) is 0. The molecule has 0 atom stereocenters. The quantitative estimate of drug-likeness (QED) is 0.289. The average molecular weight is 548 g/mol. The topological polar surface area (TPSA) is 63.0 Å². The molecule has 0 fully saturated rings. The van der Waals surface area contributed by atoms with Crippen LogP contribution in [-0.2, 0) is 20.1 Å². The molecule has 0 aliphatic carbocycles. The third-order valence-electron chi connectivity index (χ3n) is 0. The van der Waals surface area contributed by atoms with E-state index in [1.165, 1.54) is 0 Å². The molecule has 0 saturated heterocycles. The van der Waals surface area contributed by atoms with Gasteiger partial charge in [0.25, 0.3) is 0 Å². The van der Waals surface area contributed by atoms with Gasteiger partial charge in [-0.1, -0.05) is 0 Å². The molecule has 1 radical (unpaired) electrons. The van der Waals surface area contributed by atoms with Crippen LogP contribution in [0.4, 0.5) is 0 Å². The van der Waals surface area contributed by atoms with Crippen molar-refractivity contribution in [3.8, 4) is 0 Å². The predicted octanol–water partition coefficient (Wildman–Crippen LogP) is -13.6. The summed E-state index contributed by atoms with van der Waals surface area (Å²) in [5.74, 6) is 0. The van der Waals surface area contributed by atoms with Crippen LogP contribution in [0.2, 0.25) is 0 Å². The second-order valence-electron chi connectivity index (χ2n) is 0. The van der Waals surface area contributed by atoms with Crippen molar-refractivity contribution >= 4 is 0 Å². The first kappa shape index (κ1) is 110. The second kappa shape index (κ2) is 76.8. The summed E-state index contributed by atoms with van der Waals surface area (Å²) in [5, 5.41) is 0. The van der Waals surface area contributed by atoms with Gasteiger partial charge >= 0.3 is 0 Å². The van der Waals surface area contributed by atoms with Gasteiger partial charge in [-0.25, -0.2) is 0 Å². The zero-order valence-corrected chi connectivity index (χ0v) is 11.6. The van der Waals surface area contributed by atoms with Crippen molar-refractivity contribution < 1.29 is 99.0 Å². The molecule has 0 heterocycles. The Kier molecular flexibility index (Phi) is 1210. The summed E-state index contributed by atoms with van der Waals surface area (Å²) in [7, 11) is 0. The van der Waals surface area contributed by atoms with Crippen molar-refractivity contribution in [2.75, 3.05) is 0 Å². The van der Waals surface area contributed by atoms with Gasteiger partial charge in [0.05, 0.1) is 0 Å². The Bertz CT molecular complexity index is 9.65. The van der Waals surface area contributed by atoms with E-state index in [0.717, 1.165) is 0 Å². The summed E-state index contributed by atoms with van der Waals surface area (Å²) < 4.78 is 0. The molecular weight excluding hydrogens is 544 g/mol. The maximum absolute atomic E-state index is 0. The molecule has 0 aromatic rings. The Morgan fingerprint density at radius 3 is 0.429 bits per heavy atom. The van der Waals surface area contributed by atoms with Gasteiger partial charge < -0.3 is 78.9 Å². The molecule has 2 nitrogen and oxygen atoms in total. The number of hydrogen-bond donors (Lipinski definition) is 0. The molecule has 0 amide bonds. The Balaban J connectivity index is 0. The molecule has 7 heavy (non-hydrogen) atoms. The molecule has 7 heteroatoms. The SMILES string of the molecule is O.O.[Br-].[Br-].[Br-].[Br-].[Ir]. The van der Waals surface area contributed by atoms with Gasteiger partial charge in [0.2, 0.25) is 0 Å². The van der Waals surface area contributed by atoms with Crippen LogP contribution < -0.4 is 67.9 Å². The van der Waals surface area contributed by atoms with Gasteiger partial charge in [0.15, 0.2) is 0 Å². The number of rotatable bonds is 0. The van der Waals surface area contributed by atoms with E-state index in [4.69, 9.17) is 0 Å². The van der Waals surface area contributed by atoms with E-state index in [1.54, 1.807) is 0 Å². The minimum Gasteiger partial charge on any atom is -1.00 e. The normalized spacial score (nSPS) is 0. The van der Waals surface area contributed by atoms with Crippen LogP contribution in [0, 0.1) is 0 Å². The van der Waals surface area contributed by atoms with Gasteiger partial charge in [0, 0.05) is 20.1 Å². The summed E-state index contributed by atoms with van der Waals surface area (Å²) >= 11 is 0. The van der Waals surface area contributed by atoms with Crippen molar-refractivity contribution in [3.05, 3.63) is 0 Å². The molecule has 0 spiro atoms. The smallest absolute Gasteiger partial charge is 0 e. The summed E-state index contributed by atoms with van der Waals surface area (Å²) in [6.07, 6.45) is 0. The largest absolute Gasteiger partial charge is 1.00 e.